The molecule has 7 heteroatoms. The predicted octanol–water partition coefficient (Wildman–Crippen LogP) is 1.95. The molecule has 1 aliphatic heterocycles. The van der Waals surface area contributed by atoms with Gasteiger partial charge in [0.25, 0.3) is 10.0 Å². The molecule has 0 aliphatic carbocycles. The molecule has 0 aromatic heterocycles. The van der Waals surface area contributed by atoms with Gasteiger partial charge in [0.05, 0.1) is 31.8 Å². The minimum atomic E-state index is -3.48. The molecule has 126 valence electrons. The second-order valence-corrected chi connectivity index (χ2v) is 6.89. The van der Waals surface area contributed by atoms with Crippen LogP contribution in [-0.4, -0.2) is 34.5 Å². The van der Waals surface area contributed by atoms with Gasteiger partial charge in [-0.1, -0.05) is 24.3 Å². The standard InChI is InChI=1S/C17H18N2O4S/c1-22-14-6-4-5-13(11-14)12-23-10-9-18-17-15-7-2-3-8-16(15)24(20,21)19-17/h2-8,11H,9-10,12H2,1H3,(H,18,19). The van der Waals surface area contributed by atoms with E-state index >= 15 is 0 Å². The SMILES string of the molecule is COc1cccc(COCCN=C2NS(=O)(=O)c3ccccc32)c1. The molecule has 6 nitrogen and oxygen atoms in total. The summed E-state index contributed by atoms with van der Waals surface area (Å²) in [7, 11) is -1.86. The van der Waals surface area contributed by atoms with Gasteiger partial charge < -0.3 is 9.47 Å². The maximum Gasteiger partial charge on any atom is 0.263 e. The third kappa shape index (κ3) is 3.58. The van der Waals surface area contributed by atoms with Gasteiger partial charge in [0, 0.05) is 5.56 Å². The Hall–Kier alpha value is -2.38. The molecule has 0 atom stereocenters. The van der Waals surface area contributed by atoms with E-state index in [1.807, 2.05) is 24.3 Å². The van der Waals surface area contributed by atoms with Gasteiger partial charge >= 0.3 is 0 Å². The Labute approximate surface area is 141 Å². The first kappa shape index (κ1) is 16.5. The van der Waals surface area contributed by atoms with Crippen LogP contribution < -0.4 is 9.46 Å². The molecule has 2 aromatic rings. The van der Waals surface area contributed by atoms with E-state index in [4.69, 9.17) is 9.47 Å². The molecule has 0 saturated carbocycles. The summed E-state index contributed by atoms with van der Waals surface area (Å²) in [4.78, 5) is 4.57. The summed E-state index contributed by atoms with van der Waals surface area (Å²) in [5.74, 6) is 1.16. The van der Waals surface area contributed by atoms with E-state index in [9.17, 15) is 8.42 Å². The Morgan fingerprint density at radius 2 is 1.96 bits per heavy atom. The summed E-state index contributed by atoms with van der Waals surface area (Å²) in [6, 6.07) is 14.4. The lowest BCUT2D eigenvalue weighted by Gasteiger charge is -2.05. The van der Waals surface area contributed by atoms with Gasteiger partial charge in [-0.25, -0.2) is 8.42 Å². The second-order valence-electron chi connectivity index (χ2n) is 5.24. The number of hydrogen-bond acceptors (Lipinski definition) is 5. The number of methoxy groups -OCH3 is 1. The summed E-state index contributed by atoms with van der Waals surface area (Å²) in [6.07, 6.45) is 0. The first-order chi connectivity index (χ1) is 11.6. The average molecular weight is 346 g/mol. The van der Waals surface area contributed by atoms with Gasteiger partial charge in [-0.2, -0.15) is 0 Å². The van der Waals surface area contributed by atoms with Crippen LogP contribution in [0.2, 0.25) is 0 Å². The Balaban J connectivity index is 1.56. The molecule has 0 amide bonds. The number of sulfonamides is 1. The van der Waals surface area contributed by atoms with Crippen LogP contribution in [0.3, 0.4) is 0 Å². The highest BCUT2D eigenvalue weighted by atomic mass is 32.2. The van der Waals surface area contributed by atoms with Crippen molar-refractivity contribution in [2.24, 2.45) is 4.99 Å². The number of ether oxygens (including phenoxy) is 2. The van der Waals surface area contributed by atoms with Gasteiger partial charge in [0.15, 0.2) is 0 Å². The quantitative estimate of drug-likeness (QED) is 0.811. The van der Waals surface area contributed by atoms with Crippen molar-refractivity contribution in [2.45, 2.75) is 11.5 Å². The Morgan fingerprint density at radius 3 is 2.79 bits per heavy atom. The van der Waals surface area contributed by atoms with Gasteiger partial charge in [0.1, 0.15) is 11.6 Å². The van der Waals surface area contributed by atoms with E-state index in [1.54, 1.807) is 31.4 Å². The van der Waals surface area contributed by atoms with Crippen molar-refractivity contribution >= 4 is 15.9 Å². The van der Waals surface area contributed by atoms with Crippen LogP contribution in [0.1, 0.15) is 11.1 Å². The van der Waals surface area contributed by atoms with Gasteiger partial charge in [-0.05, 0) is 29.8 Å². The Kier molecular flexibility index (Phi) is 4.82. The monoisotopic (exact) mass is 346 g/mol. The summed E-state index contributed by atoms with van der Waals surface area (Å²) >= 11 is 0. The smallest absolute Gasteiger partial charge is 0.263 e. The number of nitrogens with one attached hydrogen (secondary N) is 1. The van der Waals surface area contributed by atoms with E-state index in [2.05, 4.69) is 9.71 Å². The van der Waals surface area contributed by atoms with E-state index < -0.39 is 10.0 Å². The van der Waals surface area contributed by atoms with Crippen molar-refractivity contribution in [3.8, 4) is 5.75 Å². The lowest BCUT2D eigenvalue weighted by molar-refractivity contribution is 0.128. The maximum atomic E-state index is 12.0. The normalized spacial score (nSPS) is 16.6. The van der Waals surface area contributed by atoms with Crippen molar-refractivity contribution in [1.29, 1.82) is 0 Å². The minimum absolute atomic E-state index is 0.265. The number of amidine groups is 1. The molecule has 1 aliphatic rings. The fourth-order valence-corrected chi connectivity index (χ4v) is 3.68. The number of nitrogens with zero attached hydrogens (tertiary/aromatic N) is 1. The number of fused-ring (bicyclic) bond motifs is 1. The van der Waals surface area contributed by atoms with Crippen molar-refractivity contribution in [2.75, 3.05) is 20.3 Å². The summed E-state index contributed by atoms with van der Waals surface area (Å²) in [6.45, 7) is 1.21. The van der Waals surface area contributed by atoms with Gasteiger partial charge in [-0.3, -0.25) is 9.71 Å². The zero-order chi connectivity index (χ0) is 17.0. The largest absolute Gasteiger partial charge is 0.497 e. The highest BCUT2D eigenvalue weighted by Gasteiger charge is 2.29. The topological polar surface area (TPSA) is 77.0 Å². The molecule has 0 spiro atoms. The summed E-state index contributed by atoms with van der Waals surface area (Å²) in [5, 5.41) is 0. The molecular formula is C17H18N2O4S. The lowest BCUT2D eigenvalue weighted by atomic mass is 10.2. The highest BCUT2D eigenvalue weighted by Crippen LogP contribution is 2.22. The van der Waals surface area contributed by atoms with Crippen LogP contribution >= 0.6 is 0 Å². The lowest BCUT2D eigenvalue weighted by Crippen LogP contribution is -2.22. The zero-order valence-corrected chi connectivity index (χ0v) is 14.0. The van der Waals surface area contributed by atoms with Crippen LogP contribution in [0, 0.1) is 0 Å². The average Bonchev–Trinajstić information content (AvgIpc) is 2.86. The first-order valence-electron chi connectivity index (χ1n) is 7.47. The molecule has 1 heterocycles. The molecular weight excluding hydrogens is 328 g/mol. The van der Waals surface area contributed by atoms with Crippen molar-refractivity contribution in [1.82, 2.24) is 4.72 Å². The molecule has 0 saturated heterocycles. The van der Waals surface area contributed by atoms with Crippen LogP contribution in [0.15, 0.2) is 58.4 Å². The molecule has 0 bridgehead atoms. The minimum Gasteiger partial charge on any atom is -0.497 e. The summed E-state index contributed by atoms with van der Waals surface area (Å²) in [5.41, 5.74) is 1.61. The third-order valence-electron chi connectivity index (χ3n) is 3.57. The van der Waals surface area contributed by atoms with Crippen LogP contribution in [0.4, 0.5) is 0 Å². The predicted molar refractivity (Wildman–Crippen MR) is 90.8 cm³/mol. The number of rotatable bonds is 6. The molecule has 0 fully saturated rings. The van der Waals surface area contributed by atoms with Crippen LogP contribution in [0.5, 0.6) is 5.75 Å². The van der Waals surface area contributed by atoms with Gasteiger partial charge in [-0.15, -0.1) is 0 Å². The van der Waals surface area contributed by atoms with Crippen molar-refractivity contribution in [3.05, 3.63) is 59.7 Å². The molecule has 3 rings (SSSR count). The zero-order valence-electron chi connectivity index (χ0n) is 13.2. The second kappa shape index (κ2) is 7.02. The maximum absolute atomic E-state index is 12.0. The number of hydrogen-bond donors (Lipinski definition) is 1. The van der Waals surface area contributed by atoms with E-state index in [1.165, 1.54) is 0 Å². The molecule has 1 N–H and O–H groups in total. The molecule has 0 unspecified atom stereocenters. The highest BCUT2D eigenvalue weighted by molar-refractivity contribution is 7.90. The fraction of sp³-hybridized carbons (Fsp3) is 0.235. The first-order valence-corrected chi connectivity index (χ1v) is 8.96. The molecule has 0 radical (unpaired) electrons. The fourth-order valence-electron chi connectivity index (χ4n) is 2.43. The Morgan fingerprint density at radius 1 is 1.12 bits per heavy atom. The Bertz CT molecular complexity index is 862. The van der Waals surface area contributed by atoms with E-state index in [-0.39, 0.29) is 4.90 Å². The molecule has 2 aromatic carbocycles. The van der Waals surface area contributed by atoms with Crippen LogP contribution in [-0.2, 0) is 21.4 Å². The van der Waals surface area contributed by atoms with Gasteiger partial charge in [0.2, 0.25) is 0 Å². The van der Waals surface area contributed by atoms with Crippen molar-refractivity contribution < 1.29 is 17.9 Å². The molecule has 24 heavy (non-hydrogen) atoms. The number of aliphatic imine (C=N–C) groups is 1. The third-order valence-corrected chi connectivity index (χ3v) is 4.97. The number of benzene rings is 2. The van der Waals surface area contributed by atoms with E-state index in [0.717, 1.165) is 11.3 Å². The van der Waals surface area contributed by atoms with Crippen molar-refractivity contribution in [3.63, 3.8) is 0 Å². The van der Waals surface area contributed by atoms with E-state index in [0.29, 0.717) is 31.2 Å². The summed E-state index contributed by atoms with van der Waals surface area (Å²) < 4.78 is 37.1. The van der Waals surface area contributed by atoms with Crippen LogP contribution in [0.25, 0.3) is 0 Å².